The summed E-state index contributed by atoms with van der Waals surface area (Å²) in [6, 6.07) is 0.882. The van der Waals surface area contributed by atoms with E-state index in [9.17, 15) is 4.79 Å². The number of likely N-dealkylation sites (tertiary alicyclic amines) is 1. The maximum absolute atomic E-state index is 11.6. The van der Waals surface area contributed by atoms with Crippen LogP contribution < -0.4 is 10.6 Å². The van der Waals surface area contributed by atoms with E-state index < -0.39 is 5.60 Å². The van der Waals surface area contributed by atoms with Gasteiger partial charge in [-0.2, -0.15) is 0 Å². The third-order valence-corrected chi connectivity index (χ3v) is 3.57. The standard InChI is InChI=1S/C15H31N3O2/c1-6-12(11-16-14(19)20-15(2,3)4)17-13-7-9-18(5)10-8-13/h12-13,17H,6-11H2,1-5H3,(H,16,19). The molecule has 1 heterocycles. The van der Waals surface area contributed by atoms with Crippen LogP contribution in [-0.2, 0) is 4.74 Å². The van der Waals surface area contributed by atoms with Crippen LogP contribution in [0.5, 0.6) is 0 Å². The molecule has 0 bridgehead atoms. The van der Waals surface area contributed by atoms with Crippen molar-refractivity contribution >= 4 is 6.09 Å². The van der Waals surface area contributed by atoms with Crippen LogP contribution in [0.3, 0.4) is 0 Å². The largest absolute Gasteiger partial charge is 0.444 e. The maximum Gasteiger partial charge on any atom is 0.407 e. The summed E-state index contributed by atoms with van der Waals surface area (Å²) < 4.78 is 5.25. The van der Waals surface area contributed by atoms with E-state index in [0.29, 0.717) is 18.6 Å². The first-order valence-electron chi connectivity index (χ1n) is 7.71. The molecule has 1 atom stereocenters. The van der Waals surface area contributed by atoms with Gasteiger partial charge in [-0.3, -0.25) is 0 Å². The van der Waals surface area contributed by atoms with Crippen LogP contribution in [0.2, 0.25) is 0 Å². The van der Waals surface area contributed by atoms with Crippen molar-refractivity contribution in [3.8, 4) is 0 Å². The molecule has 0 aromatic carbocycles. The fraction of sp³-hybridized carbons (Fsp3) is 0.933. The molecule has 1 aliphatic heterocycles. The van der Waals surface area contributed by atoms with Crippen molar-refractivity contribution in [2.24, 2.45) is 0 Å². The molecule has 1 unspecified atom stereocenters. The van der Waals surface area contributed by atoms with E-state index in [0.717, 1.165) is 19.5 Å². The molecule has 118 valence electrons. The normalized spacial score (nSPS) is 19.6. The summed E-state index contributed by atoms with van der Waals surface area (Å²) in [5, 5.41) is 6.50. The summed E-state index contributed by atoms with van der Waals surface area (Å²) >= 11 is 0. The second-order valence-corrected chi connectivity index (χ2v) is 6.73. The summed E-state index contributed by atoms with van der Waals surface area (Å²) in [7, 11) is 2.16. The Labute approximate surface area is 123 Å². The number of nitrogens with one attached hydrogen (secondary N) is 2. The first-order chi connectivity index (χ1) is 9.30. The van der Waals surface area contributed by atoms with Gasteiger partial charge in [0.1, 0.15) is 5.60 Å². The average molecular weight is 285 g/mol. The summed E-state index contributed by atoms with van der Waals surface area (Å²) in [4.78, 5) is 14.0. The molecule has 0 aromatic heterocycles. The zero-order valence-corrected chi connectivity index (χ0v) is 13.7. The van der Waals surface area contributed by atoms with Gasteiger partial charge in [-0.15, -0.1) is 0 Å². The molecule has 20 heavy (non-hydrogen) atoms. The minimum Gasteiger partial charge on any atom is -0.444 e. The maximum atomic E-state index is 11.6. The van der Waals surface area contributed by atoms with Crippen molar-refractivity contribution in [2.75, 3.05) is 26.7 Å². The van der Waals surface area contributed by atoms with Crippen LogP contribution in [0.25, 0.3) is 0 Å². The number of carbonyl (C=O) groups is 1. The fourth-order valence-electron chi connectivity index (χ4n) is 2.35. The van der Waals surface area contributed by atoms with Crippen molar-refractivity contribution in [2.45, 2.75) is 64.6 Å². The van der Waals surface area contributed by atoms with Gasteiger partial charge in [0.25, 0.3) is 0 Å². The van der Waals surface area contributed by atoms with Crippen LogP contribution in [-0.4, -0.2) is 55.4 Å². The molecule has 2 N–H and O–H groups in total. The third-order valence-electron chi connectivity index (χ3n) is 3.57. The zero-order valence-electron chi connectivity index (χ0n) is 13.7. The number of carbonyl (C=O) groups excluding carboxylic acids is 1. The second kappa shape index (κ2) is 7.84. The first kappa shape index (κ1) is 17.2. The van der Waals surface area contributed by atoms with Crippen molar-refractivity contribution in [3.63, 3.8) is 0 Å². The molecular weight excluding hydrogens is 254 g/mol. The number of rotatable bonds is 5. The van der Waals surface area contributed by atoms with Gasteiger partial charge in [-0.05, 0) is 60.2 Å². The van der Waals surface area contributed by atoms with E-state index >= 15 is 0 Å². The topological polar surface area (TPSA) is 53.6 Å². The fourth-order valence-corrected chi connectivity index (χ4v) is 2.35. The van der Waals surface area contributed by atoms with Gasteiger partial charge in [0, 0.05) is 18.6 Å². The number of piperidine rings is 1. The lowest BCUT2D eigenvalue weighted by atomic mass is 10.0. The number of nitrogens with zero attached hydrogens (tertiary/aromatic N) is 1. The molecule has 1 saturated heterocycles. The highest BCUT2D eigenvalue weighted by atomic mass is 16.6. The van der Waals surface area contributed by atoms with Gasteiger partial charge < -0.3 is 20.3 Å². The molecule has 5 heteroatoms. The van der Waals surface area contributed by atoms with E-state index in [1.54, 1.807) is 0 Å². The van der Waals surface area contributed by atoms with Crippen molar-refractivity contribution in [3.05, 3.63) is 0 Å². The SMILES string of the molecule is CCC(CNC(=O)OC(C)(C)C)NC1CCN(C)CC1. The molecule has 0 aliphatic carbocycles. The Kier molecular flexibility index (Phi) is 6.76. The van der Waals surface area contributed by atoms with E-state index in [2.05, 4.69) is 29.5 Å². The summed E-state index contributed by atoms with van der Waals surface area (Å²) in [6.45, 7) is 10.7. The van der Waals surface area contributed by atoms with Crippen LogP contribution >= 0.6 is 0 Å². The summed E-state index contributed by atoms with van der Waals surface area (Å²) in [5.74, 6) is 0. The molecule has 0 spiro atoms. The van der Waals surface area contributed by atoms with Gasteiger partial charge in [0.05, 0.1) is 0 Å². The number of ether oxygens (including phenoxy) is 1. The van der Waals surface area contributed by atoms with Crippen LogP contribution in [0.4, 0.5) is 4.79 Å². The predicted octanol–water partition coefficient (Wildman–Crippen LogP) is 1.97. The van der Waals surface area contributed by atoms with Crippen molar-refractivity contribution in [1.82, 2.24) is 15.5 Å². The molecule has 5 nitrogen and oxygen atoms in total. The van der Waals surface area contributed by atoms with Gasteiger partial charge >= 0.3 is 6.09 Å². The lowest BCUT2D eigenvalue weighted by molar-refractivity contribution is 0.0520. The quantitative estimate of drug-likeness (QED) is 0.811. The molecule has 1 rings (SSSR count). The zero-order chi connectivity index (χ0) is 15.2. The van der Waals surface area contributed by atoms with Crippen molar-refractivity contribution in [1.29, 1.82) is 0 Å². The minimum atomic E-state index is -0.437. The molecule has 1 fully saturated rings. The van der Waals surface area contributed by atoms with Gasteiger partial charge in [-0.1, -0.05) is 6.92 Å². The minimum absolute atomic E-state index is 0.316. The highest BCUT2D eigenvalue weighted by Crippen LogP contribution is 2.10. The smallest absolute Gasteiger partial charge is 0.407 e. The van der Waals surface area contributed by atoms with E-state index in [1.807, 2.05) is 20.8 Å². The van der Waals surface area contributed by atoms with Gasteiger partial charge in [0.15, 0.2) is 0 Å². The molecular formula is C15H31N3O2. The van der Waals surface area contributed by atoms with Crippen LogP contribution in [0.15, 0.2) is 0 Å². The lowest BCUT2D eigenvalue weighted by Crippen LogP contribution is -2.49. The Balaban J connectivity index is 2.27. The highest BCUT2D eigenvalue weighted by molar-refractivity contribution is 5.67. The third kappa shape index (κ3) is 7.10. The Morgan fingerprint density at radius 3 is 2.45 bits per heavy atom. The Hall–Kier alpha value is -0.810. The van der Waals surface area contributed by atoms with E-state index in [-0.39, 0.29) is 6.09 Å². The monoisotopic (exact) mass is 285 g/mol. The van der Waals surface area contributed by atoms with Crippen molar-refractivity contribution < 1.29 is 9.53 Å². The Morgan fingerprint density at radius 1 is 1.35 bits per heavy atom. The number of alkyl carbamates (subject to hydrolysis) is 1. The van der Waals surface area contributed by atoms with Crippen LogP contribution in [0.1, 0.15) is 47.0 Å². The summed E-state index contributed by atoms with van der Waals surface area (Å²) in [6.07, 6.45) is 3.03. The molecule has 0 radical (unpaired) electrons. The second-order valence-electron chi connectivity index (χ2n) is 6.73. The summed E-state index contributed by atoms with van der Waals surface area (Å²) in [5.41, 5.74) is -0.437. The van der Waals surface area contributed by atoms with Gasteiger partial charge in [-0.25, -0.2) is 4.79 Å². The molecule has 0 aromatic rings. The highest BCUT2D eigenvalue weighted by Gasteiger charge is 2.20. The number of amides is 1. The van der Waals surface area contributed by atoms with E-state index in [4.69, 9.17) is 4.74 Å². The Morgan fingerprint density at radius 2 is 1.95 bits per heavy atom. The average Bonchev–Trinajstić information content (AvgIpc) is 2.34. The first-order valence-corrected chi connectivity index (χ1v) is 7.71. The lowest BCUT2D eigenvalue weighted by Gasteiger charge is -2.32. The van der Waals surface area contributed by atoms with Gasteiger partial charge in [0.2, 0.25) is 0 Å². The van der Waals surface area contributed by atoms with E-state index in [1.165, 1.54) is 12.8 Å². The molecule has 1 aliphatic rings. The number of hydrogen-bond acceptors (Lipinski definition) is 4. The number of hydrogen-bond donors (Lipinski definition) is 2. The molecule has 0 saturated carbocycles. The van der Waals surface area contributed by atoms with Crippen LogP contribution in [0, 0.1) is 0 Å². The predicted molar refractivity (Wildman–Crippen MR) is 82.0 cm³/mol. The molecule has 1 amide bonds. The Bertz CT molecular complexity index is 294.